The predicted octanol–water partition coefficient (Wildman–Crippen LogP) is 3.83. The highest BCUT2D eigenvalue weighted by molar-refractivity contribution is 7.89. The summed E-state index contributed by atoms with van der Waals surface area (Å²) in [5.74, 6) is 0. The molecule has 0 radical (unpaired) electrons. The van der Waals surface area contributed by atoms with Crippen molar-refractivity contribution in [3.63, 3.8) is 0 Å². The van der Waals surface area contributed by atoms with E-state index in [1.165, 1.54) is 18.2 Å². The molecule has 0 saturated heterocycles. The smallest absolute Gasteiger partial charge is 0.289 e. The van der Waals surface area contributed by atoms with E-state index in [9.17, 15) is 18.5 Å². The van der Waals surface area contributed by atoms with Gasteiger partial charge in [-0.15, -0.1) is 0 Å². The molecule has 0 saturated carbocycles. The van der Waals surface area contributed by atoms with Crippen LogP contribution in [0.5, 0.6) is 0 Å². The Kier molecular flexibility index (Phi) is 6.71. The van der Waals surface area contributed by atoms with Gasteiger partial charge in [0.1, 0.15) is 0 Å². The number of sulfonamides is 1. The number of nitro groups is 1. The van der Waals surface area contributed by atoms with Crippen molar-refractivity contribution < 1.29 is 18.1 Å². The molecule has 0 heterocycles. The van der Waals surface area contributed by atoms with Crippen LogP contribution >= 0.6 is 0 Å². The molecular formula is C21H20N2O5S. The quantitative estimate of drug-likeness (QED) is 0.425. The van der Waals surface area contributed by atoms with Crippen LogP contribution in [0.4, 0.5) is 5.69 Å². The Balaban J connectivity index is 1.78. The molecule has 1 atom stereocenters. The van der Waals surface area contributed by atoms with Gasteiger partial charge < -0.3 is 4.74 Å². The zero-order chi connectivity index (χ0) is 20.7. The average molecular weight is 412 g/mol. The highest BCUT2D eigenvalue weighted by atomic mass is 32.2. The standard InChI is InChI=1S/C21H20N2O5S/c24-23(25)19-13-7-8-14-21(19)29(26,27)22-15-20(18-11-5-2-6-12-18)28-16-17-9-3-1-4-10-17/h1-14,20,22H,15-16H2. The first-order valence-electron chi connectivity index (χ1n) is 8.91. The number of rotatable bonds is 9. The molecule has 3 aromatic carbocycles. The summed E-state index contributed by atoms with van der Waals surface area (Å²) in [5, 5.41) is 11.2. The second-order valence-electron chi connectivity index (χ2n) is 6.27. The van der Waals surface area contributed by atoms with Gasteiger partial charge in [-0.2, -0.15) is 0 Å². The van der Waals surface area contributed by atoms with Crippen LogP contribution in [0.2, 0.25) is 0 Å². The molecule has 0 fully saturated rings. The summed E-state index contributed by atoms with van der Waals surface area (Å²) in [6, 6.07) is 24.0. The minimum Gasteiger partial charge on any atom is -0.367 e. The zero-order valence-electron chi connectivity index (χ0n) is 15.5. The first kappa shape index (κ1) is 20.7. The number of ether oxygens (including phenoxy) is 1. The van der Waals surface area contributed by atoms with E-state index in [-0.39, 0.29) is 11.4 Å². The Morgan fingerprint density at radius 1 is 0.897 bits per heavy atom. The third-order valence-corrected chi connectivity index (χ3v) is 5.75. The van der Waals surface area contributed by atoms with Gasteiger partial charge in [-0.1, -0.05) is 72.8 Å². The molecule has 3 aromatic rings. The van der Waals surface area contributed by atoms with Crippen LogP contribution in [0.3, 0.4) is 0 Å². The predicted molar refractivity (Wildman–Crippen MR) is 109 cm³/mol. The molecule has 1 N–H and O–H groups in total. The van der Waals surface area contributed by atoms with E-state index in [1.54, 1.807) is 0 Å². The van der Waals surface area contributed by atoms with E-state index in [0.29, 0.717) is 6.61 Å². The van der Waals surface area contributed by atoms with Crippen molar-refractivity contribution in [2.45, 2.75) is 17.6 Å². The van der Waals surface area contributed by atoms with Crippen molar-refractivity contribution in [1.29, 1.82) is 0 Å². The second-order valence-corrected chi connectivity index (χ2v) is 8.01. The normalized spacial score (nSPS) is 12.4. The molecule has 8 heteroatoms. The molecule has 0 aromatic heterocycles. The number of nitrogens with one attached hydrogen (secondary N) is 1. The fraction of sp³-hybridized carbons (Fsp3) is 0.143. The van der Waals surface area contributed by atoms with Crippen LogP contribution < -0.4 is 4.72 Å². The third-order valence-electron chi connectivity index (χ3n) is 4.28. The maximum absolute atomic E-state index is 12.7. The largest absolute Gasteiger partial charge is 0.367 e. The van der Waals surface area contributed by atoms with Crippen molar-refractivity contribution >= 4 is 15.7 Å². The lowest BCUT2D eigenvalue weighted by molar-refractivity contribution is -0.387. The van der Waals surface area contributed by atoms with E-state index in [0.717, 1.165) is 17.2 Å². The van der Waals surface area contributed by atoms with E-state index in [2.05, 4.69) is 4.72 Å². The van der Waals surface area contributed by atoms with Gasteiger partial charge in [-0.25, -0.2) is 13.1 Å². The molecule has 150 valence electrons. The monoisotopic (exact) mass is 412 g/mol. The first-order valence-corrected chi connectivity index (χ1v) is 10.4. The van der Waals surface area contributed by atoms with Crippen LogP contribution in [-0.2, 0) is 21.4 Å². The maximum atomic E-state index is 12.7. The van der Waals surface area contributed by atoms with Gasteiger partial charge in [-0.3, -0.25) is 10.1 Å². The Labute approximate surface area is 169 Å². The molecule has 0 aliphatic carbocycles. The molecular weight excluding hydrogens is 392 g/mol. The Morgan fingerprint density at radius 3 is 2.14 bits per heavy atom. The minimum absolute atomic E-state index is 0.0643. The van der Waals surface area contributed by atoms with Crippen molar-refractivity contribution in [3.05, 3.63) is 106 Å². The Hall–Kier alpha value is -3.07. The molecule has 7 nitrogen and oxygen atoms in total. The maximum Gasteiger partial charge on any atom is 0.289 e. The molecule has 3 rings (SSSR count). The Morgan fingerprint density at radius 2 is 1.48 bits per heavy atom. The highest BCUT2D eigenvalue weighted by Crippen LogP contribution is 2.24. The lowest BCUT2D eigenvalue weighted by atomic mass is 10.1. The molecule has 0 bridgehead atoms. The van der Waals surface area contributed by atoms with Gasteiger partial charge in [0.15, 0.2) is 4.90 Å². The van der Waals surface area contributed by atoms with Crippen LogP contribution in [-0.4, -0.2) is 19.9 Å². The molecule has 0 aliphatic rings. The summed E-state index contributed by atoms with van der Waals surface area (Å²) < 4.78 is 33.8. The molecule has 0 aliphatic heterocycles. The number of hydrogen-bond acceptors (Lipinski definition) is 5. The topological polar surface area (TPSA) is 98.5 Å². The fourth-order valence-corrected chi connectivity index (χ4v) is 4.01. The van der Waals surface area contributed by atoms with Crippen molar-refractivity contribution in [2.24, 2.45) is 0 Å². The molecule has 29 heavy (non-hydrogen) atoms. The lowest BCUT2D eigenvalue weighted by Crippen LogP contribution is -2.30. The fourth-order valence-electron chi connectivity index (χ4n) is 2.81. The van der Waals surface area contributed by atoms with Gasteiger partial charge in [0, 0.05) is 12.6 Å². The number of hydrogen-bond donors (Lipinski definition) is 1. The van der Waals surface area contributed by atoms with Gasteiger partial charge in [0.25, 0.3) is 5.69 Å². The van der Waals surface area contributed by atoms with Gasteiger partial charge in [0.05, 0.1) is 17.6 Å². The summed E-state index contributed by atoms with van der Waals surface area (Å²) in [6.45, 7) is 0.235. The minimum atomic E-state index is -4.09. The highest BCUT2D eigenvalue weighted by Gasteiger charge is 2.26. The molecule has 0 spiro atoms. The number of para-hydroxylation sites is 1. The van der Waals surface area contributed by atoms with E-state index in [1.807, 2.05) is 60.7 Å². The number of nitrogens with zero attached hydrogens (tertiary/aromatic N) is 1. The Bertz CT molecular complexity index is 1060. The summed E-state index contributed by atoms with van der Waals surface area (Å²) >= 11 is 0. The summed E-state index contributed by atoms with van der Waals surface area (Å²) in [5.41, 5.74) is 1.28. The van der Waals surface area contributed by atoms with Crippen molar-refractivity contribution in [2.75, 3.05) is 6.54 Å². The number of benzene rings is 3. The number of nitro benzene ring substituents is 1. The van der Waals surface area contributed by atoms with E-state index in [4.69, 9.17) is 4.74 Å². The zero-order valence-corrected chi connectivity index (χ0v) is 16.3. The van der Waals surface area contributed by atoms with Crippen molar-refractivity contribution in [1.82, 2.24) is 4.72 Å². The van der Waals surface area contributed by atoms with Crippen LogP contribution in [0.25, 0.3) is 0 Å². The third kappa shape index (κ3) is 5.47. The van der Waals surface area contributed by atoms with Crippen LogP contribution in [0, 0.1) is 10.1 Å². The van der Waals surface area contributed by atoms with E-state index >= 15 is 0 Å². The molecule has 0 amide bonds. The summed E-state index contributed by atoms with van der Waals surface area (Å²) in [4.78, 5) is 10.1. The average Bonchev–Trinajstić information content (AvgIpc) is 2.75. The van der Waals surface area contributed by atoms with Crippen LogP contribution in [0.15, 0.2) is 89.8 Å². The SMILES string of the molecule is O=[N+]([O-])c1ccccc1S(=O)(=O)NCC(OCc1ccccc1)c1ccccc1. The van der Waals surface area contributed by atoms with Crippen LogP contribution in [0.1, 0.15) is 17.2 Å². The first-order chi connectivity index (χ1) is 14.0. The second kappa shape index (κ2) is 9.42. The van der Waals surface area contributed by atoms with Gasteiger partial charge >= 0.3 is 0 Å². The van der Waals surface area contributed by atoms with E-state index < -0.39 is 26.7 Å². The lowest BCUT2D eigenvalue weighted by Gasteiger charge is -2.19. The summed E-state index contributed by atoms with van der Waals surface area (Å²) in [7, 11) is -4.09. The van der Waals surface area contributed by atoms with Crippen molar-refractivity contribution in [3.8, 4) is 0 Å². The van der Waals surface area contributed by atoms with Gasteiger partial charge in [0.2, 0.25) is 10.0 Å². The van der Waals surface area contributed by atoms with Gasteiger partial charge in [-0.05, 0) is 17.2 Å². The molecule has 1 unspecified atom stereocenters. The summed E-state index contributed by atoms with van der Waals surface area (Å²) in [6.07, 6.45) is -0.561.